The van der Waals surface area contributed by atoms with E-state index in [9.17, 15) is 4.79 Å². The number of aromatic nitrogens is 3. The van der Waals surface area contributed by atoms with Gasteiger partial charge in [-0.3, -0.25) is 9.89 Å². The predicted molar refractivity (Wildman–Crippen MR) is 88.0 cm³/mol. The fourth-order valence-electron chi connectivity index (χ4n) is 2.57. The molecule has 0 saturated carbocycles. The molecule has 2 aromatic carbocycles. The maximum Gasteiger partial charge on any atom is 0.248 e. The molecular formula is C16H12N4OS. The number of nitrogens with two attached hydrogens (primary N) is 1. The van der Waals surface area contributed by atoms with E-state index in [1.165, 1.54) is 0 Å². The van der Waals surface area contributed by atoms with Crippen molar-refractivity contribution in [3.63, 3.8) is 0 Å². The number of primary amides is 1. The summed E-state index contributed by atoms with van der Waals surface area (Å²) in [6.07, 6.45) is 0. The maximum absolute atomic E-state index is 11.4. The number of fused-ring (bicyclic) bond motifs is 2. The van der Waals surface area contributed by atoms with Gasteiger partial charge in [-0.15, -0.1) is 11.3 Å². The molecule has 0 aliphatic rings. The minimum Gasteiger partial charge on any atom is -0.366 e. The summed E-state index contributed by atoms with van der Waals surface area (Å²) >= 11 is 1.65. The van der Waals surface area contributed by atoms with Crippen LogP contribution in [0.5, 0.6) is 0 Å². The standard InChI is InChI=1S/C16H12N4OS/c1-8-18-13-5-2-9(7-14(13)22-8)15-11-6-10(16(17)21)3-4-12(11)19-20-15/h2-7H,1H3,(H2,17,21)(H,19,20). The van der Waals surface area contributed by atoms with Gasteiger partial charge in [0.1, 0.15) is 0 Å². The third-order valence-corrected chi connectivity index (χ3v) is 4.55. The molecule has 0 bridgehead atoms. The fraction of sp³-hybridized carbons (Fsp3) is 0.0625. The molecule has 0 aliphatic heterocycles. The Balaban J connectivity index is 1.94. The first kappa shape index (κ1) is 13.0. The van der Waals surface area contributed by atoms with Crippen molar-refractivity contribution in [2.45, 2.75) is 6.92 Å². The van der Waals surface area contributed by atoms with Crippen molar-refractivity contribution in [3.8, 4) is 11.3 Å². The highest BCUT2D eigenvalue weighted by Crippen LogP contribution is 2.31. The fourth-order valence-corrected chi connectivity index (χ4v) is 3.44. The summed E-state index contributed by atoms with van der Waals surface area (Å²) < 4.78 is 1.12. The number of benzene rings is 2. The van der Waals surface area contributed by atoms with E-state index in [1.54, 1.807) is 23.5 Å². The summed E-state index contributed by atoms with van der Waals surface area (Å²) in [6.45, 7) is 1.99. The minimum absolute atomic E-state index is 0.442. The summed E-state index contributed by atoms with van der Waals surface area (Å²) in [6, 6.07) is 11.4. The van der Waals surface area contributed by atoms with Crippen LogP contribution in [0.1, 0.15) is 15.4 Å². The highest BCUT2D eigenvalue weighted by atomic mass is 32.1. The second-order valence-electron chi connectivity index (χ2n) is 5.11. The van der Waals surface area contributed by atoms with Crippen LogP contribution in [0, 0.1) is 6.92 Å². The Morgan fingerprint density at radius 3 is 2.91 bits per heavy atom. The molecule has 0 atom stereocenters. The van der Waals surface area contributed by atoms with Gasteiger partial charge in [-0.05, 0) is 37.3 Å². The number of carbonyl (C=O) groups excluding carboxylic acids is 1. The lowest BCUT2D eigenvalue weighted by molar-refractivity contribution is 0.100. The Morgan fingerprint density at radius 1 is 1.23 bits per heavy atom. The third kappa shape index (κ3) is 1.96. The van der Waals surface area contributed by atoms with E-state index in [1.807, 2.05) is 25.1 Å². The van der Waals surface area contributed by atoms with Crippen LogP contribution in [0.2, 0.25) is 0 Å². The second-order valence-corrected chi connectivity index (χ2v) is 6.35. The number of hydrogen-bond acceptors (Lipinski definition) is 4. The second kappa shape index (κ2) is 4.64. The van der Waals surface area contributed by atoms with Crippen LogP contribution in [0.15, 0.2) is 36.4 Å². The van der Waals surface area contributed by atoms with Gasteiger partial charge in [0.15, 0.2) is 0 Å². The molecule has 5 nitrogen and oxygen atoms in total. The molecule has 4 aromatic rings. The van der Waals surface area contributed by atoms with Gasteiger partial charge in [-0.2, -0.15) is 5.10 Å². The quantitative estimate of drug-likeness (QED) is 0.596. The molecule has 4 rings (SSSR count). The van der Waals surface area contributed by atoms with Gasteiger partial charge in [-0.1, -0.05) is 6.07 Å². The van der Waals surface area contributed by atoms with E-state index in [0.29, 0.717) is 5.56 Å². The van der Waals surface area contributed by atoms with Gasteiger partial charge in [0, 0.05) is 16.5 Å². The summed E-state index contributed by atoms with van der Waals surface area (Å²) in [5.41, 5.74) is 9.51. The topological polar surface area (TPSA) is 84.7 Å². The van der Waals surface area contributed by atoms with Crippen molar-refractivity contribution >= 4 is 38.4 Å². The summed E-state index contributed by atoms with van der Waals surface area (Å²) in [5, 5.41) is 9.30. The van der Waals surface area contributed by atoms with Crippen molar-refractivity contribution in [1.29, 1.82) is 0 Å². The normalized spacial score (nSPS) is 11.3. The van der Waals surface area contributed by atoms with E-state index in [-0.39, 0.29) is 0 Å². The van der Waals surface area contributed by atoms with Crippen LogP contribution in [0.3, 0.4) is 0 Å². The van der Waals surface area contributed by atoms with Gasteiger partial charge in [0.25, 0.3) is 0 Å². The predicted octanol–water partition coefficient (Wildman–Crippen LogP) is 3.25. The van der Waals surface area contributed by atoms with Crippen LogP contribution in [0.4, 0.5) is 0 Å². The number of hydrogen-bond donors (Lipinski definition) is 2. The molecule has 3 N–H and O–H groups in total. The number of amides is 1. The molecule has 1 amide bonds. The molecule has 108 valence electrons. The number of H-pyrrole nitrogens is 1. The number of carbonyl (C=O) groups is 1. The molecule has 0 spiro atoms. The first-order chi connectivity index (χ1) is 10.6. The molecule has 0 aliphatic carbocycles. The van der Waals surface area contributed by atoms with Crippen LogP contribution in [-0.2, 0) is 0 Å². The number of nitrogens with one attached hydrogen (secondary N) is 1. The summed E-state index contributed by atoms with van der Waals surface area (Å²) in [5.74, 6) is -0.442. The van der Waals surface area contributed by atoms with Crippen molar-refractivity contribution in [2.75, 3.05) is 0 Å². The molecule has 2 heterocycles. The van der Waals surface area contributed by atoms with E-state index in [2.05, 4.69) is 21.2 Å². The SMILES string of the molecule is Cc1nc2ccc(-c3n[nH]c4ccc(C(N)=O)cc34)cc2s1. The zero-order chi connectivity index (χ0) is 15.3. The smallest absolute Gasteiger partial charge is 0.248 e. The monoisotopic (exact) mass is 308 g/mol. The van der Waals surface area contributed by atoms with Crippen LogP contribution in [0.25, 0.3) is 32.4 Å². The van der Waals surface area contributed by atoms with Crippen molar-refractivity contribution < 1.29 is 4.79 Å². The van der Waals surface area contributed by atoms with Crippen LogP contribution < -0.4 is 5.73 Å². The van der Waals surface area contributed by atoms with E-state index < -0.39 is 5.91 Å². The number of nitrogens with zero attached hydrogens (tertiary/aromatic N) is 2. The highest BCUT2D eigenvalue weighted by molar-refractivity contribution is 7.18. The van der Waals surface area contributed by atoms with Crippen molar-refractivity contribution in [2.24, 2.45) is 5.73 Å². The highest BCUT2D eigenvalue weighted by Gasteiger charge is 2.12. The Bertz CT molecular complexity index is 1030. The zero-order valence-electron chi connectivity index (χ0n) is 11.8. The summed E-state index contributed by atoms with van der Waals surface area (Å²) in [7, 11) is 0. The number of rotatable bonds is 2. The first-order valence-electron chi connectivity index (χ1n) is 6.77. The zero-order valence-corrected chi connectivity index (χ0v) is 12.6. The lowest BCUT2D eigenvalue weighted by Gasteiger charge is -2.00. The van der Waals surface area contributed by atoms with Crippen LogP contribution >= 0.6 is 11.3 Å². The number of thiazole rings is 1. The van der Waals surface area contributed by atoms with Crippen molar-refractivity contribution in [3.05, 3.63) is 47.0 Å². The average Bonchev–Trinajstić information content (AvgIpc) is 3.07. The Hall–Kier alpha value is -2.73. The molecule has 0 fully saturated rings. The van der Waals surface area contributed by atoms with Gasteiger partial charge in [-0.25, -0.2) is 4.98 Å². The van der Waals surface area contributed by atoms with Gasteiger partial charge < -0.3 is 5.73 Å². The molecule has 22 heavy (non-hydrogen) atoms. The van der Waals surface area contributed by atoms with E-state index in [0.717, 1.165) is 37.4 Å². The van der Waals surface area contributed by atoms with E-state index in [4.69, 9.17) is 5.73 Å². The first-order valence-corrected chi connectivity index (χ1v) is 7.59. The third-order valence-electron chi connectivity index (χ3n) is 3.62. The Kier molecular flexibility index (Phi) is 2.74. The average molecular weight is 308 g/mol. The lowest BCUT2D eigenvalue weighted by atomic mass is 10.1. The Labute approximate surface area is 129 Å². The maximum atomic E-state index is 11.4. The van der Waals surface area contributed by atoms with Gasteiger partial charge >= 0.3 is 0 Å². The van der Waals surface area contributed by atoms with Gasteiger partial charge in [0.05, 0.1) is 26.4 Å². The molecule has 0 radical (unpaired) electrons. The van der Waals surface area contributed by atoms with E-state index >= 15 is 0 Å². The van der Waals surface area contributed by atoms with Crippen LogP contribution in [-0.4, -0.2) is 21.1 Å². The minimum atomic E-state index is -0.442. The summed E-state index contributed by atoms with van der Waals surface area (Å²) in [4.78, 5) is 15.8. The number of aromatic amines is 1. The Morgan fingerprint density at radius 2 is 2.09 bits per heavy atom. The molecular weight excluding hydrogens is 296 g/mol. The number of aryl methyl sites for hydroxylation is 1. The van der Waals surface area contributed by atoms with Gasteiger partial charge in [0.2, 0.25) is 5.91 Å². The molecule has 6 heteroatoms. The lowest BCUT2D eigenvalue weighted by Crippen LogP contribution is -2.10. The molecule has 0 saturated heterocycles. The molecule has 2 aromatic heterocycles. The van der Waals surface area contributed by atoms with Crippen molar-refractivity contribution in [1.82, 2.24) is 15.2 Å². The molecule has 0 unspecified atom stereocenters. The largest absolute Gasteiger partial charge is 0.366 e.